The van der Waals surface area contributed by atoms with Gasteiger partial charge in [0.25, 0.3) is 5.91 Å². The van der Waals surface area contributed by atoms with Gasteiger partial charge < -0.3 is 19.5 Å². The van der Waals surface area contributed by atoms with Crippen LogP contribution in [0.3, 0.4) is 0 Å². The van der Waals surface area contributed by atoms with Crippen LogP contribution in [0.5, 0.6) is 17.2 Å². The number of nitrogens with one attached hydrogen (secondary N) is 1. The first-order valence-electron chi connectivity index (χ1n) is 9.60. The molecule has 0 atom stereocenters. The van der Waals surface area contributed by atoms with Gasteiger partial charge in [-0.05, 0) is 43.3 Å². The molecule has 4 rings (SSSR count). The highest BCUT2D eigenvalue weighted by molar-refractivity contribution is 6.03. The zero-order valence-electron chi connectivity index (χ0n) is 17.3. The molecule has 0 saturated carbocycles. The van der Waals surface area contributed by atoms with Gasteiger partial charge in [0.15, 0.2) is 22.8 Å². The van der Waals surface area contributed by atoms with Crippen molar-refractivity contribution < 1.29 is 19.0 Å². The summed E-state index contributed by atoms with van der Waals surface area (Å²) in [5, 5.41) is 7.18. The molecule has 0 bridgehead atoms. The summed E-state index contributed by atoms with van der Waals surface area (Å²) in [6.07, 6.45) is 3.22. The maximum absolute atomic E-state index is 12.7. The summed E-state index contributed by atoms with van der Waals surface area (Å²) in [6.45, 7) is 2.44. The maximum Gasteiger partial charge on any atom is 0.277 e. The third-order valence-corrected chi connectivity index (χ3v) is 4.56. The molecule has 3 aromatic heterocycles. The van der Waals surface area contributed by atoms with E-state index in [1.165, 1.54) is 0 Å². The van der Waals surface area contributed by atoms with Crippen LogP contribution in [-0.2, 0) is 0 Å². The Morgan fingerprint density at radius 1 is 1.03 bits per heavy atom. The number of anilines is 1. The van der Waals surface area contributed by atoms with Crippen molar-refractivity contribution in [3.05, 3.63) is 60.6 Å². The zero-order chi connectivity index (χ0) is 21.8. The Hall–Kier alpha value is -4.14. The van der Waals surface area contributed by atoms with Crippen LogP contribution >= 0.6 is 0 Å². The molecule has 0 spiro atoms. The molecule has 0 saturated heterocycles. The highest BCUT2D eigenvalue weighted by Crippen LogP contribution is 2.32. The van der Waals surface area contributed by atoms with Crippen LogP contribution < -0.4 is 19.5 Å². The summed E-state index contributed by atoms with van der Waals surface area (Å²) >= 11 is 0. The van der Waals surface area contributed by atoms with E-state index >= 15 is 0 Å². The first-order chi connectivity index (χ1) is 15.1. The molecule has 0 unspecified atom stereocenters. The molecular weight excluding hydrogens is 398 g/mol. The number of carbonyl (C=O) groups is 1. The van der Waals surface area contributed by atoms with E-state index in [1.54, 1.807) is 49.3 Å². The Bertz CT molecular complexity index is 1220. The van der Waals surface area contributed by atoms with Gasteiger partial charge in [0.1, 0.15) is 11.6 Å². The van der Waals surface area contributed by atoms with Crippen molar-refractivity contribution >= 4 is 17.4 Å². The third-order valence-electron chi connectivity index (χ3n) is 4.56. The molecule has 1 amide bonds. The number of hydrogen-bond donors (Lipinski definition) is 1. The standard InChI is InChI=1S/C22H21N5O4/c1-4-31-15-6-8-20(24-13-15)25-22(28)16-12-21-23-10-9-17(27(21)26-16)14-5-7-18(29-2)19(11-14)30-3/h5-13H,4H2,1-3H3,(H,24,25,28). The minimum absolute atomic E-state index is 0.219. The molecule has 9 nitrogen and oxygen atoms in total. The number of pyridine rings is 1. The number of rotatable bonds is 7. The predicted octanol–water partition coefficient (Wildman–Crippen LogP) is 3.46. The van der Waals surface area contributed by atoms with Gasteiger partial charge >= 0.3 is 0 Å². The SMILES string of the molecule is CCOc1ccc(NC(=O)c2cc3nccc(-c4ccc(OC)c(OC)c4)n3n2)nc1. The topological polar surface area (TPSA) is 99.9 Å². The Kier molecular flexibility index (Phi) is 5.65. The highest BCUT2D eigenvalue weighted by atomic mass is 16.5. The average Bonchev–Trinajstić information content (AvgIpc) is 3.25. The van der Waals surface area contributed by atoms with E-state index in [2.05, 4.69) is 20.4 Å². The average molecular weight is 419 g/mol. The zero-order valence-corrected chi connectivity index (χ0v) is 17.3. The second-order valence-electron chi connectivity index (χ2n) is 6.47. The van der Waals surface area contributed by atoms with Crippen LogP contribution in [0.1, 0.15) is 17.4 Å². The molecule has 31 heavy (non-hydrogen) atoms. The van der Waals surface area contributed by atoms with Crippen LogP contribution in [0.4, 0.5) is 5.82 Å². The number of ether oxygens (including phenoxy) is 3. The van der Waals surface area contributed by atoms with Gasteiger partial charge in [-0.15, -0.1) is 0 Å². The van der Waals surface area contributed by atoms with Gasteiger partial charge in [-0.25, -0.2) is 14.5 Å². The lowest BCUT2D eigenvalue weighted by molar-refractivity contribution is 0.102. The molecule has 0 aliphatic rings. The number of nitrogens with zero attached hydrogens (tertiary/aromatic N) is 4. The molecule has 1 aromatic carbocycles. The van der Waals surface area contributed by atoms with Crippen molar-refractivity contribution in [3.63, 3.8) is 0 Å². The van der Waals surface area contributed by atoms with E-state index < -0.39 is 0 Å². The van der Waals surface area contributed by atoms with Crippen molar-refractivity contribution in [3.8, 4) is 28.5 Å². The first-order valence-corrected chi connectivity index (χ1v) is 9.60. The lowest BCUT2D eigenvalue weighted by atomic mass is 10.1. The summed E-state index contributed by atoms with van der Waals surface area (Å²) in [7, 11) is 3.16. The fraction of sp³-hybridized carbons (Fsp3) is 0.182. The Labute approximate surface area is 178 Å². The lowest BCUT2D eigenvalue weighted by Gasteiger charge is -2.10. The van der Waals surface area contributed by atoms with E-state index in [0.29, 0.717) is 35.3 Å². The fourth-order valence-electron chi connectivity index (χ4n) is 3.11. The number of carbonyl (C=O) groups excluding carboxylic acids is 1. The molecule has 1 N–H and O–H groups in total. The second kappa shape index (κ2) is 8.70. The predicted molar refractivity (Wildman–Crippen MR) is 115 cm³/mol. The molecule has 0 fully saturated rings. The van der Waals surface area contributed by atoms with Crippen LogP contribution in [0, 0.1) is 0 Å². The highest BCUT2D eigenvalue weighted by Gasteiger charge is 2.16. The van der Waals surface area contributed by atoms with Gasteiger partial charge in [0.05, 0.1) is 32.7 Å². The number of amides is 1. The van der Waals surface area contributed by atoms with E-state index in [0.717, 1.165) is 11.3 Å². The Morgan fingerprint density at radius 2 is 1.87 bits per heavy atom. The van der Waals surface area contributed by atoms with Gasteiger partial charge in [-0.3, -0.25) is 4.79 Å². The van der Waals surface area contributed by atoms with E-state index in [9.17, 15) is 4.79 Å². The quantitative estimate of drug-likeness (QED) is 0.490. The molecule has 9 heteroatoms. The van der Waals surface area contributed by atoms with E-state index in [-0.39, 0.29) is 11.6 Å². The number of aromatic nitrogens is 4. The molecule has 0 aliphatic carbocycles. The molecule has 3 heterocycles. The summed E-state index contributed by atoms with van der Waals surface area (Å²) in [5.41, 5.74) is 2.35. The van der Waals surface area contributed by atoms with Gasteiger partial charge in [0, 0.05) is 17.8 Å². The van der Waals surface area contributed by atoms with Crippen LogP contribution in [0.2, 0.25) is 0 Å². The normalized spacial score (nSPS) is 10.7. The van der Waals surface area contributed by atoms with Crippen molar-refractivity contribution in [1.82, 2.24) is 19.6 Å². The van der Waals surface area contributed by atoms with Crippen LogP contribution in [0.25, 0.3) is 16.9 Å². The summed E-state index contributed by atoms with van der Waals surface area (Å²) in [5.74, 6) is 1.87. The van der Waals surface area contributed by atoms with E-state index in [4.69, 9.17) is 14.2 Å². The number of benzene rings is 1. The van der Waals surface area contributed by atoms with Crippen molar-refractivity contribution in [2.45, 2.75) is 6.92 Å². The van der Waals surface area contributed by atoms with Gasteiger partial charge in [-0.1, -0.05) is 0 Å². The summed E-state index contributed by atoms with van der Waals surface area (Å²) < 4.78 is 17.7. The van der Waals surface area contributed by atoms with Crippen LogP contribution in [0.15, 0.2) is 54.9 Å². The maximum atomic E-state index is 12.7. The van der Waals surface area contributed by atoms with Gasteiger partial charge in [-0.2, -0.15) is 5.10 Å². The third kappa shape index (κ3) is 4.11. The molecule has 0 radical (unpaired) electrons. The Balaban J connectivity index is 1.63. The largest absolute Gasteiger partial charge is 0.493 e. The van der Waals surface area contributed by atoms with Gasteiger partial charge in [0.2, 0.25) is 0 Å². The van der Waals surface area contributed by atoms with Crippen molar-refractivity contribution in [2.75, 3.05) is 26.1 Å². The molecule has 158 valence electrons. The molecule has 0 aliphatic heterocycles. The number of hydrogen-bond acceptors (Lipinski definition) is 7. The molecular formula is C22H21N5O4. The van der Waals surface area contributed by atoms with Crippen molar-refractivity contribution in [1.29, 1.82) is 0 Å². The van der Waals surface area contributed by atoms with Crippen LogP contribution in [-0.4, -0.2) is 46.3 Å². The minimum Gasteiger partial charge on any atom is -0.493 e. The smallest absolute Gasteiger partial charge is 0.277 e. The van der Waals surface area contributed by atoms with Crippen molar-refractivity contribution in [2.24, 2.45) is 0 Å². The fourth-order valence-corrected chi connectivity index (χ4v) is 3.11. The number of methoxy groups -OCH3 is 2. The molecule has 4 aromatic rings. The summed E-state index contributed by atoms with van der Waals surface area (Å²) in [6, 6.07) is 12.4. The Morgan fingerprint density at radius 3 is 2.58 bits per heavy atom. The first kappa shape index (κ1) is 20.1. The monoisotopic (exact) mass is 419 g/mol. The minimum atomic E-state index is -0.388. The second-order valence-corrected chi connectivity index (χ2v) is 6.47. The number of fused-ring (bicyclic) bond motifs is 1. The summed E-state index contributed by atoms with van der Waals surface area (Å²) in [4.78, 5) is 21.2. The lowest BCUT2D eigenvalue weighted by Crippen LogP contribution is -2.13. The van der Waals surface area contributed by atoms with E-state index in [1.807, 2.05) is 31.2 Å².